The van der Waals surface area contributed by atoms with Gasteiger partial charge in [0.15, 0.2) is 0 Å². The van der Waals surface area contributed by atoms with E-state index in [1.54, 1.807) is 0 Å². The first-order valence-electron chi connectivity index (χ1n) is 12.1. The van der Waals surface area contributed by atoms with Crippen molar-refractivity contribution in [2.75, 3.05) is 33.2 Å². The lowest BCUT2D eigenvalue weighted by molar-refractivity contribution is 0.212. The lowest BCUT2D eigenvalue weighted by Crippen LogP contribution is -2.47. The molecule has 2 fully saturated rings. The Kier molecular flexibility index (Phi) is 6.32. The highest BCUT2D eigenvalue weighted by molar-refractivity contribution is 5.83. The third kappa shape index (κ3) is 4.82. The molecule has 34 heavy (non-hydrogen) atoms. The Hall–Kier alpha value is -3.26. The smallest absolute Gasteiger partial charge is 0.337 e. The van der Waals surface area contributed by atoms with Crippen molar-refractivity contribution >= 4 is 16.9 Å². The number of rotatable bonds is 6. The molecule has 1 aliphatic heterocycles. The molecule has 178 valence electrons. The topological polar surface area (TPSA) is 94.8 Å². The van der Waals surface area contributed by atoms with Gasteiger partial charge in [-0.1, -0.05) is 37.3 Å². The summed E-state index contributed by atoms with van der Waals surface area (Å²) < 4.78 is 5.28. The van der Waals surface area contributed by atoms with Crippen LogP contribution in [0.1, 0.15) is 42.6 Å². The van der Waals surface area contributed by atoms with Gasteiger partial charge in [-0.25, -0.2) is 4.79 Å². The third-order valence-corrected chi connectivity index (χ3v) is 6.87. The van der Waals surface area contributed by atoms with E-state index in [1.165, 1.54) is 11.6 Å². The Balaban J connectivity index is 1.39. The van der Waals surface area contributed by atoms with Crippen LogP contribution < -0.4 is 11.2 Å². The standard InChI is InChI=1S/C26H31N5O3/c1-3-18-15-22(32)34-26-23(18)25(33)28-24(29-26)19-16-20(19)27-21(31-13-11-30(2)12-14-31)10-9-17-7-5-4-6-8-17/h4-8,15,19-20H,3,9-14,16H2,1-2H3,(H,28,29,33). The molecule has 1 N–H and O–H groups in total. The third-order valence-electron chi connectivity index (χ3n) is 6.87. The highest BCUT2D eigenvalue weighted by Crippen LogP contribution is 2.42. The summed E-state index contributed by atoms with van der Waals surface area (Å²) in [5, 5.41) is 0.368. The van der Waals surface area contributed by atoms with E-state index in [-0.39, 0.29) is 23.2 Å². The quantitative estimate of drug-likeness (QED) is 0.448. The highest BCUT2D eigenvalue weighted by Gasteiger charge is 2.41. The first-order valence-corrected chi connectivity index (χ1v) is 12.1. The van der Waals surface area contributed by atoms with Crippen LogP contribution in [-0.2, 0) is 12.8 Å². The Labute approximate surface area is 198 Å². The van der Waals surface area contributed by atoms with Gasteiger partial charge in [0, 0.05) is 44.6 Å². The van der Waals surface area contributed by atoms with Gasteiger partial charge in [-0.15, -0.1) is 0 Å². The number of nitrogens with one attached hydrogen (secondary N) is 1. The maximum atomic E-state index is 12.8. The molecular weight excluding hydrogens is 430 g/mol. The zero-order chi connectivity index (χ0) is 23.7. The van der Waals surface area contributed by atoms with E-state index in [1.807, 2.05) is 13.0 Å². The molecule has 1 aromatic carbocycles. The number of piperazine rings is 1. The molecule has 0 radical (unpaired) electrons. The van der Waals surface area contributed by atoms with Gasteiger partial charge in [0.1, 0.15) is 11.2 Å². The zero-order valence-corrected chi connectivity index (χ0v) is 19.8. The predicted molar refractivity (Wildman–Crippen MR) is 133 cm³/mol. The lowest BCUT2D eigenvalue weighted by Gasteiger charge is -2.35. The van der Waals surface area contributed by atoms with E-state index in [9.17, 15) is 9.59 Å². The number of fused-ring (bicyclic) bond motifs is 1. The first kappa shape index (κ1) is 22.5. The number of benzene rings is 1. The van der Waals surface area contributed by atoms with Crippen LogP contribution in [0, 0.1) is 0 Å². The van der Waals surface area contributed by atoms with Gasteiger partial charge in [-0.3, -0.25) is 9.79 Å². The predicted octanol–water partition coefficient (Wildman–Crippen LogP) is 2.57. The van der Waals surface area contributed by atoms with Crippen LogP contribution in [0.4, 0.5) is 0 Å². The normalized spacial score (nSPS) is 21.2. The summed E-state index contributed by atoms with van der Waals surface area (Å²) in [5.41, 5.74) is 1.37. The molecule has 8 heteroatoms. The Bertz CT molecular complexity index is 1310. The van der Waals surface area contributed by atoms with E-state index in [4.69, 9.17) is 9.41 Å². The van der Waals surface area contributed by atoms with Gasteiger partial charge < -0.3 is 19.2 Å². The van der Waals surface area contributed by atoms with Crippen LogP contribution >= 0.6 is 0 Å². The van der Waals surface area contributed by atoms with Gasteiger partial charge in [-0.2, -0.15) is 4.98 Å². The van der Waals surface area contributed by atoms with Crippen molar-refractivity contribution in [3.8, 4) is 0 Å². The van der Waals surface area contributed by atoms with Crippen molar-refractivity contribution < 1.29 is 4.42 Å². The number of aromatic nitrogens is 2. The number of nitrogens with zero attached hydrogens (tertiary/aromatic N) is 4. The van der Waals surface area contributed by atoms with E-state index in [2.05, 4.69) is 51.1 Å². The largest absolute Gasteiger partial charge is 0.403 e. The summed E-state index contributed by atoms with van der Waals surface area (Å²) in [7, 11) is 2.15. The van der Waals surface area contributed by atoms with Crippen molar-refractivity contribution in [3.05, 3.63) is 74.1 Å². The summed E-state index contributed by atoms with van der Waals surface area (Å²) in [6, 6.07) is 11.9. The zero-order valence-electron chi connectivity index (χ0n) is 19.8. The van der Waals surface area contributed by atoms with Crippen LogP contribution in [-0.4, -0.2) is 64.9 Å². The van der Waals surface area contributed by atoms with E-state index in [0.29, 0.717) is 23.2 Å². The minimum Gasteiger partial charge on any atom is -0.403 e. The Morgan fingerprint density at radius 1 is 1.18 bits per heavy atom. The number of aryl methyl sites for hydroxylation is 2. The van der Waals surface area contributed by atoms with Crippen molar-refractivity contribution in [2.24, 2.45) is 4.99 Å². The molecule has 1 saturated carbocycles. The van der Waals surface area contributed by atoms with E-state index >= 15 is 0 Å². The molecule has 3 heterocycles. The number of hydrogen-bond donors (Lipinski definition) is 1. The summed E-state index contributed by atoms with van der Waals surface area (Å²) >= 11 is 0. The van der Waals surface area contributed by atoms with Crippen molar-refractivity contribution in [1.29, 1.82) is 0 Å². The fourth-order valence-corrected chi connectivity index (χ4v) is 4.70. The van der Waals surface area contributed by atoms with Gasteiger partial charge in [-0.05, 0) is 37.4 Å². The minimum atomic E-state index is -0.475. The Morgan fingerprint density at radius 3 is 2.68 bits per heavy atom. The molecule has 1 aliphatic carbocycles. The number of amidine groups is 1. The molecule has 8 nitrogen and oxygen atoms in total. The first-order chi connectivity index (χ1) is 16.5. The summed E-state index contributed by atoms with van der Waals surface area (Å²) in [6.45, 7) is 5.89. The monoisotopic (exact) mass is 461 g/mol. The molecular formula is C26H31N5O3. The number of H-pyrrole nitrogens is 1. The van der Waals surface area contributed by atoms with Gasteiger partial charge in [0.05, 0.1) is 11.9 Å². The summed E-state index contributed by atoms with van der Waals surface area (Å²) in [5.74, 6) is 1.72. The second-order valence-corrected chi connectivity index (χ2v) is 9.31. The number of aliphatic imine (C=N–C) groups is 1. The second-order valence-electron chi connectivity index (χ2n) is 9.31. The average Bonchev–Trinajstić information content (AvgIpc) is 3.61. The summed E-state index contributed by atoms with van der Waals surface area (Å²) in [6.07, 6.45) is 3.22. The lowest BCUT2D eigenvalue weighted by atomic mass is 10.1. The molecule has 2 aromatic heterocycles. The molecule has 0 spiro atoms. The maximum absolute atomic E-state index is 12.8. The number of aromatic amines is 1. The van der Waals surface area contributed by atoms with Crippen LogP contribution in [0.15, 0.2) is 55.4 Å². The fourth-order valence-electron chi connectivity index (χ4n) is 4.70. The molecule has 1 saturated heterocycles. The molecule has 2 aliphatic rings. The van der Waals surface area contributed by atoms with Crippen LogP contribution in [0.3, 0.4) is 0 Å². The van der Waals surface area contributed by atoms with Crippen molar-refractivity contribution in [2.45, 2.75) is 44.6 Å². The van der Waals surface area contributed by atoms with Crippen molar-refractivity contribution in [3.63, 3.8) is 0 Å². The number of hydrogen-bond acceptors (Lipinski definition) is 6. The van der Waals surface area contributed by atoms with Crippen LogP contribution in [0.2, 0.25) is 0 Å². The fraction of sp³-hybridized carbons (Fsp3) is 0.462. The van der Waals surface area contributed by atoms with Gasteiger partial charge >= 0.3 is 5.63 Å². The molecule has 5 rings (SSSR count). The molecule has 2 unspecified atom stereocenters. The number of likely N-dealkylation sites (N-methyl/N-ethyl adjacent to an activating group) is 1. The molecule has 0 bridgehead atoms. The highest BCUT2D eigenvalue weighted by atomic mass is 16.4. The van der Waals surface area contributed by atoms with Gasteiger partial charge in [0.25, 0.3) is 5.56 Å². The van der Waals surface area contributed by atoms with Crippen molar-refractivity contribution in [1.82, 2.24) is 19.8 Å². The Morgan fingerprint density at radius 2 is 1.94 bits per heavy atom. The SMILES string of the molecule is CCc1cc(=O)oc2nc(C3CC3N=C(CCc3ccccc3)N3CCN(C)CC3)[nH]c(=O)c12. The van der Waals surface area contributed by atoms with E-state index in [0.717, 1.165) is 51.3 Å². The minimum absolute atomic E-state index is 0.0341. The van der Waals surface area contributed by atoms with Gasteiger partial charge in [0.2, 0.25) is 5.71 Å². The average molecular weight is 462 g/mol. The second kappa shape index (κ2) is 9.54. The van der Waals surface area contributed by atoms with E-state index < -0.39 is 5.63 Å². The maximum Gasteiger partial charge on any atom is 0.337 e. The molecule has 3 aromatic rings. The molecule has 2 atom stereocenters. The van der Waals surface area contributed by atoms with Crippen LogP contribution in [0.25, 0.3) is 11.1 Å². The molecule has 0 amide bonds. The van der Waals surface area contributed by atoms with Crippen LogP contribution in [0.5, 0.6) is 0 Å². The summed E-state index contributed by atoms with van der Waals surface area (Å²) in [4.78, 5) is 42.1.